The van der Waals surface area contributed by atoms with Gasteiger partial charge in [-0.2, -0.15) is 0 Å². The van der Waals surface area contributed by atoms with Gasteiger partial charge in [0.05, 0.1) is 23.2 Å². The molecule has 7 nitrogen and oxygen atoms in total. The van der Waals surface area contributed by atoms with Gasteiger partial charge in [-0.1, -0.05) is 59.1 Å². The Morgan fingerprint density at radius 3 is 2.44 bits per heavy atom. The van der Waals surface area contributed by atoms with Gasteiger partial charge >= 0.3 is 5.97 Å². The van der Waals surface area contributed by atoms with Crippen molar-refractivity contribution < 1.29 is 27.9 Å². The molecule has 0 aromatic heterocycles. The summed E-state index contributed by atoms with van der Waals surface area (Å²) < 4.78 is 35.5. The molecule has 2 aromatic carbocycles. The number of amides is 2. The molecule has 206 valence electrons. The highest BCUT2D eigenvalue weighted by Gasteiger charge is 2.75. The first-order chi connectivity index (χ1) is 18.3. The SMILES string of the molecule is C=CCOC(=O)[C@H]1[C@@H](C(=O)N(C)c2cc(Cl)cc(Cl)c2)[C@H]2CC(F)(F)CN2[C@]12C(=O)Nc1c(Cl)cc(Cl)cc12. The molecule has 3 aliphatic rings. The van der Waals surface area contributed by atoms with Gasteiger partial charge in [-0.25, -0.2) is 8.78 Å². The molecule has 3 aliphatic heterocycles. The molecule has 4 atom stereocenters. The maximum absolute atomic E-state index is 15.0. The summed E-state index contributed by atoms with van der Waals surface area (Å²) in [6.45, 7) is 2.43. The van der Waals surface area contributed by atoms with Crippen LogP contribution in [0.2, 0.25) is 20.1 Å². The minimum atomic E-state index is -3.25. The number of esters is 1. The highest BCUT2D eigenvalue weighted by molar-refractivity contribution is 6.38. The Morgan fingerprint density at radius 2 is 1.79 bits per heavy atom. The molecular weight excluding hydrogens is 598 g/mol. The number of halogens is 6. The normalized spacial score (nSPS) is 26.7. The van der Waals surface area contributed by atoms with Gasteiger partial charge < -0.3 is 15.0 Å². The lowest BCUT2D eigenvalue weighted by atomic mass is 9.73. The number of ether oxygens (including phenoxy) is 1. The van der Waals surface area contributed by atoms with Crippen LogP contribution in [0.1, 0.15) is 12.0 Å². The zero-order valence-corrected chi connectivity index (χ0v) is 23.3. The van der Waals surface area contributed by atoms with E-state index >= 15 is 8.78 Å². The van der Waals surface area contributed by atoms with E-state index in [2.05, 4.69) is 11.9 Å². The first kappa shape index (κ1) is 28.1. The van der Waals surface area contributed by atoms with Crippen LogP contribution in [0.3, 0.4) is 0 Å². The summed E-state index contributed by atoms with van der Waals surface area (Å²) in [6, 6.07) is 5.99. The van der Waals surface area contributed by atoms with Crippen molar-refractivity contribution in [1.82, 2.24) is 4.90 Å². The van der Waals surface area contributed by atoms with Crippen molar-refractivity contribution in [3.05, 3.63) is 68.6 Å². The lowest BCUT2D eigenvalue weighted by Crippen LogP contribution is -2.54. The van der Waals surface area contributed by atoms with E-state index in [0.717, 1.165) is 0 Å². The van der Waals surface area contributed by atoms with Crippen molar-refractivity contribution in [3.8, 4) is 0 Å². The second kappa shape index (κ2) is 9.89. The first-order valence-electron chi connectivity index (χ1n) is 11.8. The predicted octanol–water partition coefficient (Wildman–Crippen LogP) is 5.80. The van der Waals surface area contributed by atoms with Crippen LogP contribution in [0, 0.1) is 11.8 Å². The highest BCUT2D eigenvalue weighted by Crippen LogP contribution is 2.61. The second-order valence-electron chi connectivity index (χ2n) is 9.73. The van der Waals surface area contributed by atoms with Gasteiger partial charge in [-0.3, -0.25) is 19.3 Å². The Balaban J connectivity index is 1.73. The van der Waals surface area contributed by atoms with Gasteiger partial charge in [0.15, 0.2) is 0 Å². The van der Waals surface area contributed by atoms with E-state index in [1.807, 2.05) is 0 Å². The van der Waals surface area contributed by atoms with Crippen molar-refractivity contribution in [2.24, 2.45) is 11.8 Å². The minimum Gasteiger partial charge on any atom is -0.461 e. The quantitative estimate of drug-likeness (QED) is 0.339. The molecule has 0 aliphatic carbocycles. The molecule has 13 heteroatoms. The van der Waals surface area contributed by atoms with Crippen molar-refractivity contribution in [1.29, 1.82) is 0 Å². The van der Waals surface area contributed by atoms with Crippen molar-refractivity contribution in [2.75, 3.05) is 30.4 Å². The zero-order valence-electron chi connectivity index (χ0n) is 20.3. The summed E-state index contributed by atoms with van der Waals surface area (Å²) in [7, 11) is 1.41. The Morgan fingerprint density at radius 1 is 1.15 bits per heavy atom. The number of carbonyl (C=O) groups excluding carboxylic acids is 3. The first-order valence-corrected chi connectivity index (χ1v) is 13.3. The number of alkyl halides is 2. The van der Waals surface area contributed by atoms with Gasteiger partial charge in [0.1, 0.15) is 18.1 Å². The van der Waals surface area contributed by atoms with Gasteiger partial charge in [0, 0.05) is 45.8 Å². The summed E-state index contributed by atoms with van der Waals surface area (Å²) in [5.41, 5.74) is -1.52. The van der Waals surface area contributed by atoms with Gasteiger partial charge in [-0.05, 0) is 30.3 Å². The molecule has 2 saturated heterocycles. The maximum Gasteiger partial charge on any atom is 0.312 e. The predicted molar refractivity (Wildman–Crippen MR) is 145 cm³/mol. The van der Waals surface area contributed by atoms with Crippen LogP contribution in [-0.4, -0.2) is 54.8 Å². The van der Waals surface area contributed by atoms with Crippen molar-refractivity contribution in [3.63, 3.8) is 0 Å². The van der Waals surface area contributed by atoms with Crippen LogP contribution < -0.4 is 10.2 Å². The van der Waals surface area contributed by atoms with Crippen LogP contribution in [0.15, 0.2) is 43.0 Å². The monoisotopic (exact) mass is 617 g/mol. The van der Waals surface area contributed by atoms with E-state index in [-0.39, 0.29) is 43.6 Å². The number of hydrogen-bond acceptors (Lipinski definition) is 5. The number of nitrogens with zero attached hydrogens (tertiary/aromatic N) is 2. The Labute approximate surface area is 242 Å². The second-order valence-corrected chi connectivity index (χ2v) is 11.4. The summed E-state index contributed by atoms with van der Waals surface area (Å²) in [6.07, 6.45) is 0.555. The minimum absolute atomic E-state index is 0.0592. The molecule has 2 fully saturated rings. The van der Waals surface area contributed by atoms with Gasteiger partial charge in [0.25, 0.3) is 11.8 Å². The topological polar surface area (TPSA) is 79.0 Å². The standard InChI is InChI=1S/C26H21Cl4F2N3O4/c1-3-4-39-23(37)20-19(22(36)34(2)15-6-12(27)5-13(28)7-15)18-10-25(31,32)11-35(18)26(20)16-8-14(29)9-17(30)21(16)33-24(26)38/h3,5-9,18-20H,1,4,10-11H2,2H3,(H,33,38)/t18-,19+,20-,26+/m1/s1. The summed E-state index contributed by atoms with van der Waals surface area (Å²) >= 11 is 24.9. The smallest absolute Gasteiger partial charge is 0.312 e. The highest BCUT2D eigenvalue weighted by atomic mass is 35.5. The van der Waals surface area contributed by atoms with Gasteiger partial charge in [0.2, 0.25) is 5.91 Å². The Bertz CT molecular complexity index is 1400. The summed E-state index contributed by atoms with van der Waals surface area (Å²) in [5.74, 6) is -8.62. The van der Waals surface area contributed by atoms with Crippen LogP contribution in [-0.2, 0) is 24.7 Å². The molecule has 1 N–H and O–H groups in total. The largest absolute Gasteiger partial charge is 0.461 e. The Kier molecular flexibility index (Phi) is 7.13. The molecule has 1 spiro atoms. The van der Waals surface area contributed by atoms with Crippen LogP contribution >= 0.6 is 46.4 Å². The van der Waals surface area contributed by atoms with E-state index < -0.39 is 60.1 Å². The molecule has 0 bridgehead atoms. The number of hydrogen-bond donors (Lipinski definition) is 1. The summed E-state index contributed by atoms with van der Waals surface area (Å²) in [5, 5.41) is 3.30. The molecule has 0 saturated carbocycles. The molecule has 3 heterocycles. The van der Waals surface area contributed by atoms with Crippen molar-refractivity contribution >= 4 is 75.6 Å². The third-order valence-electron chi connectivity index (χ3n) is 7.48. The molecule has 2 aromatic rings. The number of nitrogens with one attached hydrogen (secondary N) is 1. The fourth-order valence-electron chi connectivity index (χ4n) is 6.08. The molecule has 0 unspecified atom stereocenters. The fourth-order valence-corrected chi connectivity index (χ4v) is 7.14. The fraction of sp³-hybridized carbons (Fsp3) is 0.346. The summed E-state index contributed by atoms with van der Waals surface area (Å²) in [4.78, 5) is 44.2. The average Bonchev–Trinajstić information content (AvgIpc) is 3.42. The molecule has 39 heavy (non-hydrogen) atoms. The van der Waals surface area contributed by atoms with Crippen LogP contribution in [0.25, 0.3) is 0 Å². The maximum atomic E-state index is 15.0. The lowest BCUT2D eigenvalue weighted by Gasteiger charge is -2.36. The van der Waals surface area contributed by atoms with E-state index in [1.54, 1.807) is 0 Å². The molecule has 2 amide bonds. The van der Waals surface area contributed by atoms with Gasteiger partial charge in [-0.15, -0.1) is 0 Å². The molecule has 0 radical (unpaired) electrons. The Hall–Kier alpha value is -2.43. The number of carbonyl (C=O) groups is 3. The number of fused-ring (bicyclic) bond motifs is 4. The van der Waals surface area contributed by atoms with Crippen LogP contribution in [0.4, 0.5) is 20.2 Å². The number of rotatable bonds is 5. The molecular formula is C26H21Cl4F2N3O4. The van der Waals surface area contributed by atoms with E-state index in [0.29, 0.717) is 0 Å². The van der Waals surface area contributed by atoms with Crippen molar-refractivity contribution in [2.45, 2.75) is 23.9 Å². The van der Waals surface area contributed by atoms with E-state index in [1.165, 1.54) is 53.3 Å². The average molecular weight is 619 g/mol. The lowest BCUT2D eigenvalue weighted by molar-refractivity contribution is -0.158. The van der Waals surface area contributed by atoms with Crippen LogP contribution in [0.5, 0.6) is 0 Å². The van der Waals surface area contributed by atoms with E-state index in [4.69, 9.17) is 51.1 Å². The third kappa shape index (κ3) is 4.39. The number of anilines is 2. The number of benzene rings is 2. The molecule has 5 rings (SSSR count). The van der Waals surface area contributed by atoms with E-state index in [9.17, 15) is 14.4 Å². The zero-order chi connectivity index (χ0) is 28.4. The third-order valence-corrected chi connectivity index (χ3v) is 8.44.